The van der Waals surface area contributed by atoms with Crippen LogP contribution in [0.3, 0.4) is 0 Å². The van der Waals surface area contributed by atoms with Gasteiger partial charge in [-0.25, -0.2) is 0 Å². The summed E-state index contributed by atoms with van der Waals surface area (Å²) in [7, 11) is 1.77. The summed E-state index contributed by atoms with van der Waals surface area (Å²) in [5.74, 6) is -0.0145. The number of Topliss-reactive ketones (excluding diaryl/α,β-unsaturated/α-hetero) is 1. The van der Waals surface area contributed by atoms with Gasteiger partial charge in [0.05, 0.1) is 0 Å². The number of benzene rings is 2. The van der Waals surface area contributed by atoms with E-state index in [0.717, 1.165) is 22.0 Å². The molecule has 0 spiro atoms. The molecule has 0 aliphatic carbocycles. The number of fused-ring (bicyclic) bond motifs is 1. The van der Waals surface area contributed by atoms with Gasteiger partial charge in [0.15, 0.2) is 5.78 Å². The summed E-state index contributed by atoms with van der Waals surface area (Å²) in [5, 5.41) is 6.45. The van der Waals surface area contributed by atoms with Crippen LogP contribution in [-0.4, -0.2) is 15.6 Å². The van der Waals surface area contributed by atoms with Gasteiger partial charge in [-0.2, -0.15) is 5.10 Å². The molecule has 0 aliphatic heterocycles. The van der Waals surface area contributed by atoms with E-state index in [0.29, 0.717) is 15.7 Å². The van der Waals surface area contributed by atoms with Crippen LogP contribution in [0.25, 0.3) is 22.0 Å². The first kappa shape index (κ1) is 14.1. The van der Waals surface area contributed by atoms with Crippen LogP contribution < -0.4 is 0 Å². The molecule has 1 aromatic heterocycles. The van der Waals surface area contributed by atoms with E-state index in [1.54, 1.807) is 30.8 Å². The molecular weight excluding hydrogens is 307 g/mol. The van der Waals surface area contributed by atoms with Crippen molar-refractivity contribution < 1.29 is 4.79 Å². The van der Waals surface area contributed by atoms with Gasteiger partial charge in [-0.1, -0.05) is 47.5 Å². The summed E-state index contributed by atoms with van der Waals surface area (Å²) in [5.41, 5.74) is 3.09. The van der Waals surface area contributed by atoms with Gasteiger partial charge in [0.25, 0.3) is 0 Å². The molecule has 0 saturated carbocycles. The summed E-state index contributed by atoms with van der Waals surface area (Å²) in [6.07, 6.45) is 0. The number of hydrogen-bond donors (Lipinski definition) is 0. The van der Waals surface area contributed by atoms with Crippen LogP contribution in [0.2, 0.25) is 10.0 Å². The van der Waals surface area contributed by atoms with Gasteiger partial charge in [-0.05, 0) is 12.1 Å². The Morgan fingerprint density at radius 1 is 1.14 bits per heavy atom. The standard InChI is InChI=1S/C16H12Cl2N2O/c1-9(21)16-13-5-3-4-12(15(13)19-20(16)2)11-7-6-10(17)8-14(11)18/h3-8H,1-2H3. The fourth-order valence-electron chi connectivity index (χ4n) is 2.56. The first-order chi connectivity index (χ1) is 9.99. The molecule has 0 fully saturated rings. The van der Waals surface area contributed by atoms with E-state index in [1.165, 1.54) is 0 Å². The fourth-order valence-corrected chi connectivity index (χ4v) is 3.07. The van der Waals surface area contributed by atoms with Crippen LogP contribution in [0.15, 0.2) is 36.4 Å². The number of aromatic nitrogens is 2. The second-order valence-corrected chi connectivity index (χ2v) is 5.70. The molecule has 106 valence electrons. The summed E-state index contributed by atoms with van der Waals surface area (Å²) in [6.45, 7) is 1.54. The lowest BCUT2D eigenvalue weighted by Gasteiger charge is -2.05. The predicted octanol–water partition coefficient (Wildman–Crippen LogP) is 4.75. The van der Waals surface area contributed by atoms with E-state index in [-0.39, 0.29) is 5.78 Å². The molecule has 21 heavy (non-hydrogen) atoms. The molecule has 2 aromatic carbocycles. The Bertz CT molecular complexity index is 868. The minimum atomic E-state index is -0.0145. The lowest BCUT2D eigenvalue weighted by molar-refractivity contribution is 0.101. The Labute approximate surface area is 132 Å². The van der Waals surface area contributed by atoms with Crippen LogP contribution in [-0.2, 0) is 7.05 Å². The third kappa shape index (κ3) is 2.33. The molecule has 0 N–H and O–H groups in total. The minimum Gasteiger partial charge on any atom is -0.293 e. The van der Waals surface area contributed by atoms with E-state index in [1.807, 2.05) is 24.3 Å². The predicted molar refractivity (Wildman–Crippen MR) is 86.2 cm³/mol. The maximum Gasteiger partial charge on any atom is 0.178 e. The maximum absolute atomic E-state index is 11.8. The van der Waals surface area contributed by atoms with Crippen molar-refractivity contribution in [1.82, 2.24) is 9.78 Å². The Morgan fingerprint density at radius 2 is 1.90 bits per heavy atom. The van der Waals surface area contributed by atoms with Crippen molar-refractivity contribution >= 4 is 39.9 Å². The van der Waals surface area contributed by atoms with Gasteiger partial charge in [0, 0.05) is 40.5 Å². The molecule has 0 radical (unpaired) electrons. The van der Waals surface area contributed by atoms with Crippen molar-refractivity contribution in [3.05, 3.63) is 52.1 Å². The van der Waals surface area contributed by atoms with Crippen LogP contribution in [0.5, 0.6) is 0 Å². The second-order valence-electron chi connectivity index (χ2n) is 4.85. The molecule has 0 aliphatic rings. The molecule has 0 saturated heterocycles. The molecule has 0 bridgehead atoms. The van der Waals surface area contributed by atoms with Gasteiger partial charge in [0.2, 0.25) is 0 Å². The molecule has 0 atom stereocenters. The van der Waals surface area contributed by atoms with E-state index in [9.17, 15) is 4.79 Å². The second kappa shape index (κ2) is 5.17. The lowest BCUT2D eigenvalue weighted by atomic mass is 10.0. The number of carbonyl (C=O) groups excluding carboxylic acids is 1. The van der Waals surface area contributed by atoms with E-state index >= 15 is 0 Å². The molecule has 1 heterocycles. The van der Waals surface area contributed by atoms with Crippen molar-refractivity contribution in [1.29, 1.82) is 0 Å². The number of nitrogens with zero attached hydrogens (tertiary/aromatic N) is 2. The highest BCUT2D eigenvalue weighted by Gasteiger charge is 2.17. The average molecular weight is 319 g/mol. The van der Waals surface area contributed by atoms with Crippen molar-refractivity contribution in [3.8, 4) is 11.1 Å². The third-order valence-electron chi connectivity index (χ3n) is 3.42. The highest BCUT2D eigenvalue weighted by Crippen LogP contribution is 2.35. The zero-order valence-corrected chi connectivity index (χ0v) is 13.0. The van der Waals surface area contributed by atoms with Gasteiger partial charge < -0.3 is 0 Å². The van der Waals surface area contributed by atoms with E-state index in [2.05, 4.69) is 5.10 Å². The zero-order chi connectivity index (χ0) is 15.1. The van der Waals surface area contributed by atoms with Crippen LogP contribution in [0.4, 0.5) is 0 Å². The largest absolute Gasteiger partial charge is 0.293 e. The summed E-state index contributed by atoms with van der Waals surface area (Å²) < 4.78 is 1.61. The van der Waals surface area contributed by atoms with E-state index < -0.39 is 0 Å². The average Bonchev–Trinajstić information content (AvgIpc) is 2.75. The summed E-state index contributed by atoms with van der Waals surface area (Å²) in [4.78, 5) is 11.8. The fraction of sp³-hybridized carbons (Fsp3) is 0.125. The monoisotopic (exact) mass is 318 g/mol. The number of ketones is 1. The molecule has 3 aromatic rings. The van der Waals surface area contributed by atoms with Crippen molar-refractivity contribution in [3.63, 3.8) is 0 Å². The van der Waals surface area contributed by atoms with Gasteiger partial charge >= 0.3 is 0 Å². The topological polar surface area (TPSA) is 34.9 Å². The van der Waals surface area contributed by atoms with Crippen molar-refractivity contribution in [2.24, 2.45) is 7.05 Å². The number of rotatable bonds is 2. The van der Waals surface area contributed by atoms with Gasteiger partial charge in [-0.3, -0.25) is 9.48 Å². The Kier molecular flexibility index (Phi) is 3.47. The molecular formula is C16H12Cl2N2O. The number of hydrogen-bond acceptors (Lipinski definition) is 2. The van der Waals surface area contributed by atoms with E-state index in [4.69, 9.17) is 23.2 Å². The Hall–Kier alpha value is -1.84. The first-order valence-electron chi connectivity index (χ1n) is 6.41. The third-order valence-corrected chi connectivity index (χ3v) is 3.97. The van der Waals surface area contributed by atoms with Crippen LogP contribution >= 0.6 is 23.2 Å². The van der Waals surface area contributed by atoms with Crippen molar-refractivity contribution in [2.45, 2.75) is 6.92 Å². The highest BCUT2D eigenvalue weighted by atomic mass is 35.5. The van der Waals surface area contributed by atoms with Crippen molar-refractivity contribution in [2.75, 3.05) is 0 Å². The summed E-state index contributed by atoms with van der Waals surface area (Å²) in [6, 6.07) is 11.1. The van der Waals surface area contributed by atoms with Gasteiger partial charge in [0.1, 0.15) is 11.2 Å². The molecule has 0 amide bonds. The highest BCUT2D eigenvalue weighted by molar-refractivity contribution is 6.36. The quantitative estimate of drug-likeness (QED) is 0.639. The first-order valence-corrected chi connectivity index (χ1v) is 7.16. The Morgan fingerprint density at radius 3 is 2.57 bits per heavy atom. The Balaban J connectivity index is 2.34. The smallest absolute Gasteiger partial charge is 0.178 e. The molecule has 5 heteroatoms. The lowest BCUT2D eigenvalue weighted by Crippen LogP contribution is -2.02. The number of halogens is 2. The van der Waals surface area contributed by atoms with Crippen LogP contribution in [0.1, 0.15) is 17.4 Å². The molecule has 0 unspecified atom stereocenters. The van der Waals surface area contributed by atoms with Gasteiger partial charge in [-0.15, -0.1) is 0 Å². The SMILES string of the molecule is CC(=O)c1c2cccc(-c3ccc(Cl)cc3Cl)c2nn1C. The normalized spacial score (nSPS) is 11.0. The number of aryl methyl sites for hydroxylation is 1. The molecule has 3 rings (SSSR count). The minimum absolute atomic E-state index is 0.0145. The number of carbonyl (C=O) groups is 1. The summed E-state index contributed by atoms with van der Waals surface area (Å²) >= 11 is 12.2. The maximum atomic E-state index is 11.8. The zero-order valence-electron chi connectivity index (χ0n) is 11.5. The molecule has 3 nitrogen and oxygen atoms in total. The van der Waals surface area contributed by atoms with Crippen LogP contribution in [0, 0.1) is 0 Å².